The summed E-state index contributed by atoms with van der Waals surface area (Å²) >= 11 is 3.23. The molecular weight excluding hydrogens is 232 g/mol. The van der Waals surface area contributed by atoms with Crippen LogP contribution >= 0.6 is 15.9 Å². The van der Waals surface area contributed by atoms with Gasteiger partial charge in [0.1, 0.15) is 11.6 Å². The Morgan fingerprint density at radius 2 is 2.15 bits per heavy atom. The van der Waals surface area contributed by atoms with Crippen molar-refractivity contribution < 1.29 is 4.42 Å². The summed E-state index contributed by atoms with van der Waals surface area (Å²) in [6, 6.07) is 7.36. The second-order valence-electron chi connectivity index (χ2n) is 2.54. The molecule has 4 heteroatoms. The highest BCUT2D eigenvalue weighted by atomic mass is 79.9. The third-order valence-electron chi connectivity index (χ3n) is 1.68. The van der Waals surface area contributed by atoms with Crippen LogP contribution in [0.2, 0.25) is 0 Å². The number of hydrogen-bond acceptors (Lipinski definition) is 3. The molecule has 0 aromatic carbocycles. The molecule has 2 rings (SSSR count). The van der Waals surface area contributed by atoms with Crippen molar-refractivity contribution in [1.29, 1.82) is 0 Å². The number of nitrogen functional groups attached to an aromatic ring is 1. The summed E-state index contributed by atoms with van der Waals surface area (Å²) in [4.78, 5) is 3.97. The van der Waals surface area contributed by atoms with E-state index in [4.69, 9.17) is 10.2 Å². The van der Waals surface area contributed by atoms with E-state index in [0.717, 1.165) is 11.3 Å². The van der Waals surface area contributed by atoms with E-state index in [9.17, 15) is 0 Å². The number of anilines is 1. The fourth-order valence-electron chi connectivity index (χ4n) is 1.08. The lowest BCUT2D eigenvalue weighted by Gasteiger charge is -1.98. The minimum atomic E-state index is 0.476. The SMILES string of the molecule is Nc1ncccc1-c1ccc(Br)o1. The predicted molar refractivity (Wildman–Crippen MR) is 54.1 cm³/mol. The van der Waals surface area contributed by atoms with Crippen molar-refractivity contribution in [3.05, 3.63) is 35.1 Å². The van der Waals surface area contributed by atoms with Gasteiger partial charge in [0.05, 0.1) is 5.56 Å². The summed E-state index contributed by atoms with van der Waals surface area (Å²) in [7, 11) is 0. The molecule has 0 aliphatic carbocycles. The summed E-state index contributed by atoms with van der Waals surface area (Å²) in [5, 5.41) is 0. The molecule has 0 aliphatic rings. The number of aromatic nitrogens is 1. The molecule has 0 aliphatic heterocycles. The molecule has 3 nitrogen and oxygen atoms in total. The van der Waals surface area contributed by atoms with Crippen LogP contribution in [0.3, 0.4) is 0 Å². The number of nitrogens with zero attached hydrogens (tertiary/aromatic N) is 1. The molecule has 13 heavy (non-hydrogen) atoms. The summed E-state index contributed by atoms with van der Waals surface area (Å²) in [6.07, 6.45) is 1.65. The standard InChI is InChI=1S/C9H7BrN2O/c10-8-4-3-7(13-8)6-2-1-5-12-9(6)11/h1-5H,(H2,11,12). The van der Waals surface area contributed by atoms with Crippen molar-refractivity contribution in [2.24, 2.45) is 0 Å². The Bertz CT molecular complexity index is 425. The van der Waals surface area contributed by atoms with E-state index in [1.165, 1.54) is 0 Å². The maximum atomic E-state index is 5.68. The van der Waals surface area contributed by atoms with E-state index in [-0.39, 0.29) is 0 Å². The van der Waals surface area contributed by atoms with Gasteiger partial charge in [0.15, 0.2) is 4.67 Å². The molecule has 2 N–H and O–H groups in total. The van der Waals surface area contributed by atoms with Gasteiger partial charge in [0.25, 0.3) is 0 Å². The normalized spacial score (nSPS) is 10.2. The monoisotopic (exact) mass is 238 g/mol. The molecule has 0 saturated heterocycles. The van der Waals surface area contributed by atoms with Gasteiger partial charge in [0, 0.05) is 6.20 Å². The van der Waals surface area contributed by atoms with Crippen molar-refractivity contribution in [2.45, 2.75) is 0 Å². The lowest BCUT2D eigenvalue weighted by Crippen LogP contribution is -1.91. The van der Waals surface area contributed by atoms with E-state index < -0.39 is 0 Å². The van der Waals surface area contributed by atoms with Crippen LogP contribution < -0.4 is 5.73 Å². The quantitative estimate of drug-likeness (QED) is 0.832. The van der Waals surface area contributed by atoms with E-state index in [1.807, 2.05) is 24.3 Å². The topological polar surface area (TPSA) is 52.0 Å². The van der Waals surface area contributed by atoms with Crippen molar-refractivity contribution in [2.75, 3.05) is 5.73 Å². The minimum absolute atomic E-state index is 0.476. The second-order valence-corrected chi connectivity index (χ2v) is 3.32. The molecule has 0 unspecified atom stereocenters. The van der Waals surface area contributed by atoms with Gasteiger partial charge < -0.3 is 10.2 Å². The van der Waals surface area contributed by atoms with Gasteiger partial charge in [-0.2, -0.15) is 0 Å². The van der Waals surface area contributed by atoms with Crippen LogP contribution in [0.15, 0.2) is 39.5 Å². The van der Waals surface area contributed by atoms with Crippen molar-refractivity contribution in [3.8, 4) is 11.3 Å². The smallest absolute Gasteiger partial charge is 0.169 e. The van der Waals surface area contributed by atoms with Gasteiger partial charge in [-0.05, 0) is 40.2 Å². The average Bonchev–Trinajstić information content (AvgIpc) is 2.53. The zero-order valence-electron chi connectivity index (χ0n) is 6.70. The van der Waals surface area contributed by atoms with Crippen LogP contribution in [0.1, 0.15) is 0 Å². The molecule has 0 saturated carbocycles. The zero-order chi connectivity index (χ0) is 9.26. The minimum Gasteiger partial charge on any atom is -0.449 e. The van der Waals surface area contributed by atoms with Gasteiger partial charge in [-0.25, -0.2) is 4.98 Å². The van der Waals surface area contributed by atoms with Crippen molar-refractivity contribution in [3.63, 3.8) is 0 Å². The Labute approximate surface area is 83.7 Å². The maximum Gasteiger partial charge on any atom is 0.169 e. The fourth-order valence-corrected chi connectivity index (χ4v) is 1.39. The Balaban J connectivity index is 2.52. The van der Waals surface area contributed by atoms with Crippen LogP contribution in [-0.2, 0) is 0 Å². The first kappa shape index (κ1) is 8.31. The Morgan fingerprint density at radius 1 is 1.31 bits per heavy atom. The fraction of sp³-hybridized carbons (Fsp3) is 0. The van der Waals surface area contributed by atoms with E-state index in [0.29, 0.717) is 10.5 Å². The molecule has 0 amide bonds. The highest BCUT2D eigenvalue weighted by molar-refractivity contribution is 9.10. The molecule has 66 valence electrons. The third kappa shape index (κ3) is 1.58. The van der Waals surface area contributed by atoms with Crippen LogP contribution in [0, 0.1) is 0 Å². The zero-order valence-corrected chi connectivity index (χ0v) is 8.28. The number of furan rings is 1. The molecule has 2 aromatic heterocycles. The largest absolute Gasteiger partial charge is 0.449 e. The van der Waals surface area contributed by atoms with Crippen LogP contribution in [0.5, 0.6) is 0 Å². The van der Waals surface area contributed by atoms with Gasteiger partial charge in [0.2, 0.25) is 0 Å². The van der Waals surface area contributed by atoms with E-state index in [2.05, 4.69) is 20.9 Å². The highest BCUT2D eigenvalue weighted by Gasteiger charge is 2.06. The maximum absolute atomic E-state index is 5.68. The number of nitrogens with two attached hydrogens (primary N) is 1. The molecule has 0 atom stereocenters. The Kier molecular flexibility index (Phi) is 2.06. The first-order valence-corrected chi connectivity index (χ1v) is 4.53. The molecule has 0 fully saturated rings. The Hall–Kier alpha value is -1.29. The van der Waals surface area contributed by atoms with Crippen molar-refractivity contribution >= 4 is 21.7 Å². The molecule has 2 aromatic rings. The van der Waals surface area contributed by atoms with E-state index >= 15 is 0 Å². The van der Waals surface area contributed by atoms with Crippen LogP contribution in [0.4, 0.5) is 5.82 Å². The summed E-state index contributed by atoms with van der Waals surface area (Å²) < 4.78 is 6.03. The summed E-state index contributed by atoms with van der Waals surface area (Å²) in [5.41, 5.74) is 6.49. The number of pyridine rings is 1. The number of halogens is 1. The first-order chi connectivity index (χ1) is 6.27. The van der Waals surface area contributed by atoms with Gasteiger partial charge >= 0.3 is 0 Å². The van der Waals surface area contributed by atoms with Crippen LogP contribution in [0.25, 0.3) is 11.3 Å². The van der Waals surface area contributed by atoms with Gasteiger partial charge in [-0.15, -0.1) is 0 Å². The lowest BCUT2D eigenvalue weighted by atomic mass is 10.2. The van der Waals surface area contributed by atoms with Crippen LogP contribution in [-0.4, -0.2) is 4.98 Å². The van der Waals surface area contributed by atoms with Crippen molar-refractivity contribution in [1.82, 2.24) is 4.98 Å². The molecule has 0 bridgehead atoms. The molecule has 0 spiro atoms. The molecular formula is C9H7BrN2O. The second kappa shape index (κ2) is 3.22. The number of hydrogen-bond donors (Lipinski definition) is 1. The molecule has 0 radical (unpaired) electrons. The Morgan fingerprint density at radius 3 is 2.77 bits per heavy atom. The highest BCUT2D eigenvalue weighted by Crippen LogP contribution is 2.27. The summed E-state index contributed by atoms with van der Waals surface area (Å²) in [5.74, 6) is 1.20. The third-order valence-corrected chi connectivity index (χ3v) is 2.10. The summed E-state index contributed by atoms with van der Waals surface area (Å²) in [6.45, 7) is 0. The average molecular weight is 239 g/mol. The van der Waals surface area contributed by atoms with Gasteiger partial charge in [-0.3, -0.25) is 0 Å². The number of rotatable bonds is 1. The molecule has 2 heterocycles. The van der Waals surface area contributed by atoms with Gasteiger partial charge in [-0.1, -0.05) is 0 Å². The first-order valence-electron chi connectivity index (χ1n) is 3.73. The predicted octanol–water partition coefficient (Wildman–Crippen LogP) is 2.69. The lowest BCUT2D eigenvalue weighted by molar-refractivity contribution is 0.556. The van der Waals surface area contributed by atoms with E-state index in [1.54, 1.807) is 6.20 Å².